The van der Waals surface area contributed by atoms with Crippen molar-refractivity contribution in [2.75, 3.05) is 13.7 Å². The van der Waals surface area contributed by atoms with E-state index in [0.29, 0.717) is 11.3 Å². The largest absolute Gasteiger partial charge is 0.497 e. The number of methoxy groups -OCH3 is 1. The van der Waals surface area contributed by atoms with E-state index >= 15 is 0 Å². The zero-order chi connectivity index (χ0) is 22.8. The molecule has 7 nitrogen and oxygen atoms in total. The number of fused-ring (bicyclic) bond motifs is 1. The molecule has 0 aliphatic heterocycles. The number of hydrogen-bond donors (Lipinski definition) is 0. The highest BCUT2D eigenvalue weighted by molar-refractivity contribution is 5.98. The molecule has 0 saturated carbocycles. The Hall–Kier alpha value is -3.61. The first-order valence-corrected chi connectivity index (χ1v) is 9.80. The molecule has 31 heavy (non-hydrogen) atoms. The van der Waals surface area contributed by atoms with Crippen LogP contribution in [0.4, 0.5) is 0 Å². The molecular weight excluding hydrogens is 400 g/mol. The molecule has 0 unspecified atom stereocenters. The Balaban J connectivity index is 2.18. The monoisotopic (exact) mass is 424 g/mol. The molecule has 1 heterocycles. The minimum atomic E-state index is -0.760. The third kappa shape index (κ3) is 4.60. The van der Waals surface area contributed by atoms with E-state index in [0.717, 1.165) is 0 Å². The lowest BCUT2D eigenvalue weighted by atomic mass is 9.97. The summed E-state index contributed by atoms with van der Waals surface area (Å²) in [6.45, 7) is 6.98. The van der Waals surface area contributed by atoms with Gasteiger partial charge in [0.1, 0.15) is 17.1 Å². The van der Waals surface area contributed by atoms with Crippen LogP contribution in [0.15, 0.2) is 51.7 Å². The lowest BCUT2D eigenvalue weighted by molar-refractivity contribution is -0.142. The first kappa shape index (κ1) is 22.1. The van der Waals surface area contributed by atoms with Crippen molar-refractivity contribution in [1.82, 2.24) is 0 Å². The predicted molar refractivity (Wildman–Crippen MR) is 116 cm³/mol. The van der Waals surface area contributed by atoms with Crippen LogP contribution in [-0.4, -0.2) is 25.7 Å². The van der Waals surface area contributed by atoms with Crippen LogP contribution in [0.3, 0.4) is 0 Å². The average molecular weight is 424 g/mol. The van der Waals surface area contributed by atoms with E-state index in [9.17, 15) is 14.4 Å². The van der Waals surface area contributed by atoms with Gasteiger partial charge in [-0.05, 0) is 57.5 Å². The molecule has 1 aromatic heterocycles. The van der Waals surface area contributed by atoms with Crippen molar-refractivity contribution >= 4 is 22.9 Å². The molecular formula is C24H24O7. The smallest absolute Gasteiger partial charge is 0.375 e. The summed E-state index contributed by atoms with van der Waals surface area (Å²) in [7, 11) is 1.54. The molecule has 0 amide bonds. The van der Waals surface area contributed by atoms with Crippen LogP contribution in [0.2, 0.25) is 0 Å². The summed E-state index contributed by atoms with van der Waals surface area (Å²) < 4.78 is 21.4. The van der Waals surface area contributed by atoms with Gasteiger partial charge in [-0.2, -0.15) is 0 Å². The third-order valence-corrected chi connectivity index (χ3v) is 4.53. The minimum Gasteiger partial charge on any atom is -0.497 e. The van der Waals surface area contributed by atoms with E-state index in [-0.39, 0.29) is 34.6 Å². The summed E-state index contributed by atoms with van der Waals surface area (Å²) >= 11 is 0. The third-order valence-electron chi connectivity index (χ3n) is 4.53. The first-order valence-electron chi connectivity index (χ1n) is 9.80. The highest BCUT2D eigenvalue weighted by Gasteiger charge is 2.26. The van der Waals surface area contributed by atoms with Gasteiger partial charge in [-0.3, -0.25) is 9.59 Å². The van der Waals surface area contributed by atoms with Crippen molar-refractivity contribution in [2.45, 2.75) is 27.7 Å². The second kappa shape index (κ2) is 8.63. The maximum atomic E-state index is 13.3. The minimum absolute atomic E-state index is 0.0908. The zero-order valence-corrected chi connectivity index (χ0v) is 18.1. The second-order valence-corrected chi connectivity index (χ2v) is 7.88. The van der Waals surface area contributed by atoms with Crippen LogP contribution in [-0.2, 0) is 9.53 Å². The van der Waals surface area contributed by atoms with Crippen molar-refractivity contribution in [1.29, 1.82) is 0 Å². The Morgan fingerprint density at radius 3 is 2.23 bits per heavy atom. The number of carbonyl (C=O) groups is 2. The van der Waals surface area contributed by atoms with Crippen molar-refractivity contribution in [3.63, 3.8) is 0 Å². The Labute approximate surface area is 179 Å². The summed E-state index contributed by atoms with van der Waals surface area (Å²) in [6.07, 6.45) is 0. The molecule has 0 aliphatic carbocycles. The van der Waals surface area contributed by atoms with Gasteiger partial charge < -0.3 is 18.6 Å². The van der Waals surface area contributed by atoms with Crippen LogP contribution in [0, 0.1) is 5.41 Å². The standard InChI is InChI=1S/C24H24O7/c1-6-29-22(26)21-19(14-7-9-15(28-5)10-8-14)20(25)17-12-11-16(13-18(17)31-21)30-23(27)24(2,3)4/h7-13H,6H2,1-5H3. The summed E-state index contributed by atoms with van der Waals surface area (Å²) in [6, 6.07) is 11.1. The molecule has 0 bridgehead atoms. The van der Waals surface area contributed by atoms with Crippen LogP contribution in [0.25, 0.3) is 22.1 Å². The molecule has 3 rings (SSSR count). The Morgan fingerprint density at radius 1 is 1.00 bits per heavy atom. The molecule has 0 fully saturated rings. The van der Waals surface area contributed by atoms with Crippen molar-refractivity contribution in [3.8, 4) is 22.6 Å². The maximum Gasteiger partial charge on any atom is 0.375 e. The van der Waals surface area contributed by atoms with E-state index in [2.05, 4.69) is 0 Å². The van der Waals surface area contributed by atoms with Crippen LogP contribution >= 0.6 is 0 Å². The molecule has 0 N–H and O–H groups in total. The van der Waals surface area contributed by atoms with E-state index in [1.165, 1.54) is 25.3 Å². The zero-order valence-electron chi connectivity index (χ0n) is 18.1. The van der Waals surface area contributed by atoms with Gasteiger partial charge in [0.2, 0.25) is 11.2 Å². The van der Waals surface area contributed by atoms with Crippen molar-refractivity contribution in [2.24, 2.45) is 5.41 Å². The number of carbonyl (C=O) groups excluding carboxylic acids is 2. The van der Waals surface area contributed by atoms with Gasteiger partial charge in [0.15, 0.2) is 0 Å². The average Bonchev–Trinajstić information content (AvgIpc) is 2.73. The lowest BCUT2D eigenvalue weighted by Crippen LogP contribution is -2.25. The Kier molecular flexibility index (Phi) is 6.15. The molecule has 0 radical (unpaired) electrons. The van der Waals surface area contributed by atoms with E-state index in [4.69, 9.17) is 18.6 Å². The number of rotatable bonds is 5. The first-order chi connectivity index (χ1) is 14.7. The van der Waals surface area contributed by atoms with E-state index in [1.54, 1.807) is 52.0 Å². The van der Waals surface area contributed by atoms with Crippen LogP contribution in [0.5, 0.6) is 11.5 Å². The highest BCUT2D eigenvalue weighted by Crippen LogP contribution is 2.29. The van der Waals surface area contributed by atoms with Crippen molar-refractivity contribution in [3.05, 3.63) is 58.4 Å². The van der Waals surface area contributed by atoms with Gasteiger partial charge in [0, 0.05) is 6.07 Å². The van der Waals surface area contributed by atoms with Crippen LogP contribution < -0.4 is 14.9 Å². The lowest BCUT2D eigenvalue weighted by Gasteiger charge is -2.16. The molecule has 0 aliphatic rings. The predicted octanol–water partition coefficient (Wildman–Crippen LogP) is 4.60. The van der Waals surface area contributed by atoms with Gasteiger partial charge >= 0.3 is 11.9 Å². The molecule has 0 saturated heterocycles. The molecule has 2 aromatic carbocycles. The molecule has 0 spiro atoms. The maximum absolute atomic E-state index is 13.3. The summed E-state index contributed by atoms with van der Waals surface area (Å²) in [5.41, 5.74) is -0.409. The van der Waals surface area contributed by atoms with Gasteiger partial charge in [-0.25, -0.2) is 4.79 Å². The number of ether oxygens (including phenoxy) is 3. The number of esters is 2. The Bertz CT molecular complexity index is 1180. The molecule has 7 heteroatoms. The quantitative estimate of drug-likeness (QED) is 0.437. The fraction of sp³-hybridized carbons (Fsp3) is 0.292. The fourth-order valence-electron chi connectivity index (χ4n) is 2.86. The summed E-state index contributed by atoms with van der Waals surface area (Å²) in [5.74, 6) is -0.595. The molecule has 3 aromatic rings. The van der Waals surface area contributed by atoms with Crippen molar-refractivity contribution < 1.29 is 28.2 Å². The Morgan fingerprint density at radius 2 is 1.65 bits per heavy atom. The van der Waals surface area contributed by atoms with E-state index < -0.39 is 22.8 Å². The molecule has 0 atom stereocenters. The normalized spacial score (nSPS) is 11.3. The van der Waals surface area contributed by atoms with Gasteiger partial charge in [-0.1, -0.05) is 12.1 Å². The second-order valence-electron chi connectivity index (χ2n) is 7.88. The fourth-order valence-corrected chi connectivity index (χ4v) is 2.86. The van der Waals surface area contributed by atoms with Gasteiger partial charge in [0.05, 0.1) is 30.1 Å². The SMILES string of the molecule is CCOC(=O)c1oc2cc(OC(=O)C(C)(C)C)ccc2c(=O)c1-c1ccc(OC)cc1. The number of benzene rings is 2. The van der Waals surface area contributed by atoms with Gasteiger partial charge in [0.25, 0.3) is 0 Å². The summed E-state index contributed by atoms with van der Waals surface area (Å²) in [5, 5.41) is 0.245. The molecule has 162 valence electrons. The number of hydrogen-bond acceptors (Lipinski definition) is 7. The summed E-state index contributed by atoms with van der Waals surface area (Å²) in [4.78, 5) is 38.1. The topological polar surface area (TPSA) is 92.0 Å². The van der Waals surface area contributed by atoms with Crippen LogP contribution in [0.1, 0.15) is 38.2 Å². The van der Waals surface area contributed by atoms with Gasteiger partial charge in [-0.15, -0.1) is 0 Å². The highest BCUT2D eigenvalue weighted by atomic mass is 16.5. The van der Waals surface area contributed by atoms with E-state index in [1.807, 2.05) is 0 Å².